The summed E-state index contributed by atoms with van der Waals surface area (Å²) < 4.78 is 0. The first kappa shape index (κ1) is 21.7. The largest absolute Gasteiger partial charge is 0.368 e. The van der Waals surface area contributed by atoms with Gasteiger partial charge in [-0.05, 0) is 24.1 Å². The van der Waals surface area contributed by atoms with E-state index >= 15 is 0 Å². The molecule has 11 heteroatoms. The molecule has 1 aromatic rings. The summed E-state index contributed by atoms with van der Waals surface area (Å²) in [5, 5.41) is 5.34. The predicted octanol–water partition coefficient (Wildman–Crippen LogP) is -1.97. The van der Waals surface area contributed by atoms with Crippen molar-refractivity contribution in [2.75, 3.05) is 39.3 Å². The Morgan fingerprint density at radius 1 is 1.03 bits per heavy atom. The lowest BCUT2D eigenvalue weighted by Gasteiger charge is -2.51. The van der Waals surface area contributed by atoms with E-state index in [9.17, 15) is 24.0 Å². The Morgan fingerprint density at radius 3 is 2.33 bits per heavy atom. The Hall–Kier alpha value is -3.15. The van der Waals surface area contributed by atoms with Gasteiger partial charge in [0.2, 0.25) is 17.7 Å². The van der Waals surface area contributed by atoms with Crippen molar-refractivity contribution in [2.24, 2.45) is 5.73 Å². The van der Waals surface area contributed by atoms with Gasteiger partial charge in [0.25, 0.3) is 11.8 Å². The van der Waals surface area contributed by atoms with Gasteiger partial charge in [0.1, 0.15) is 11.6 Å². The van der Waals surface area contributed by atoms with Crippen LogP contribution in [-0.4, -0.2) is 95.1 Å². The van der Waals surface area contributed by atoms with Crippen molar-refractivity contribution in [3.63, 3.8) is 0 Å². The second-order valence-electron chi connectivity index (χ2n) is 9.09. The van der Waals surface area contributed by atoms with Gasteiger partial charge in [0, 0.05) is 52.2 Å². The number of hydrogen-bond acceptors (Lipinski definition) is 8. The van der Waals surface area contributed by atoms with Gasteiger partial charge in [0.05, 0.1) is 11.1 Å². The summed E-state index contributed by atoms with van der Waals surface area (Å²) >= 11 is 0. The SMILES string of the molecule is NC(=O)C1(N2CCN(Cc3ccc4c(c3)C(=O)N(C3CCC(=O)NC3=O)C4=O)CC2)CNC1. The summed E-state index contributed by atoms with van der Waals surface area (Å²) in [5.74, 6) is -2.32. The maximum atomic E-state index is 13.0. The number of fused-ring (bicyclic) bond motifs is 1. The molecule has 3 fully saturated rings. The first-order chi connectivity index (χ1) is 15.8. The van der Waals surface area contributed by atoms with E-state index in [1.54, 1.807) is 12.1 Å². The Morgan fingerprint density at radius 2 is 1.73 bits per heavy atom. The zero-order valence-electron chi connectivity index (χ0n) is 18.1. The molecule has 33 heavy (non-hydrogen) atoms. The molecule has 1 atom stereocenters. The maximum Gasteiger partial charge on any atom is 0.262 e. The fourth-order valence-corrected chi connectivity index (χ4v) is 5.12. The fourth-order valence-electron chi connectivity index (χ4n) is 5.12. The molecule has 0 aliphatic carbocycles. The summed E-state index contributed by atoms with van der Waals surface area (Å²) in [6.07, 6.45) is 0.226. The molecule has 5 rings (SSSR count). The smallest absolute Gasteiger partial charge is 0.262 e. The van der Waals surface area contributed by atoms with Crippen molar-refractivity contribution >= 4 is 29.5 Å². The van der Waals surface area contributed by atoms with Crippen LogP contribution < -0.4 is 16.4 Å². The fraction of sp³-hybridized carbons (Fsp3) is 0.500. The second kappa shape index (κ2) is 8.01. The number of primary amides is 1. The zero-order chi connectivity index (χ0) is 23.3. The van der Waals surface area contributed by atoms with Gasteiger partial charge in [-0.3, -0.25) is 44.0 Å². The van der Waals surface area contributed by atoms with E-state index in [0.29, 0.717) is 19.6 Å². The number of nitrogens with two attached hydrogens (primary N) is 1. The lowest BCUT2D eigenvalue weighted by atomic mass is 9.88. The average molecular weight is 454 g/mol. The normalized spacial score (nSPS) is 25.6. The molecular formula is C22H26N6O5. The third-order valence-corrected chi connectivity index (χ3v) is 7.18. The van der Waals surface area contributed by atoms with Crippen molar-refractivity contribution in [1.82, 2.24) is 25.3 Å². The molecule has 1 aromatic carbocycles. The van der Waals surface area contributed by atoms with Crippen LogP contribution in [0.1, 0.15) is 39.1 Å². The monoisotopic (exact) mass is 454 g/mol. The molecule has 4 aliphatic heterocycles. The van der Waals surface area contributed by atoms with Crippen LogP contribution in [0.4, 0.5) is 0 Å². The number of piperazine rings is 1. The van der Waals surface area contributed by atoms with Crippen molar-refractivity contribution in [3.05, 3.63) is 34.9 Å². The number of amides is 5. The molecule has 3 saturated heterocycles. The van der Waals surface area contributed by atoms with Crippen molar-refractivity contribution in [1.29, 1.82) is 0 Å². The lowest BCUT2D eigenvalue weighted by molar-refractivity contribution is -0.137. The van der Waals surface area contributed by atoms with Gasteiger partial charge in [-0.25, -0.2) is 0 Å². The highest BCUT2D eigenvalue weighted by Gasteiger charge is 2.48. The molecule has 0 aromatic heterocycles. The second-order valence-corrected chi connectivity index (χ2v) is 9.09. The van der Waals surface area contributed by atoms with Crippen LogP contribution in [0.15, 0.2) is 18.2 Å². The minimum absolute atomic E-state index is 0.0914. The van der Waals surface area contributed by atoms with Crippen LogP contribution in [0.25, 0.3) is 0 Å². The van der Waals surface area contributed by atoms with E-state index in [1.165, 1.54) is 0 Å². The highest BCUT2D eigenvalue weighted by molar-refractivity contribution is 6.23. The standard InChI is InChI=1S/C22H26N6O5/c23-21(33)22(11-24-12-22)27-7-5-26(6-8-27)10-13-1-2-14-15(9-13)20(32)28(19(14)31)16-3-4-17(29)25-18(16)30/h1-2,9,16,24H,3-8,10-12H2,(H2,23,33)(H,25,29,30). The predicted molar refractivity (Wildman–Crippen MR) is 115 cm³/mol. The van der Waals surface area contributed by atoms with Gasteiger partial charge in [-0.15, -0.1) is 0 Å². The van der Waals surface area contributed by atoms with Crippen molar-refractivity contribution in [3.8, 4) is 0 Å². The lowest BCUT2D eigenvalue weighted by Crippen LogP contribution is -2.76. The van der Waals surface area contributed by atoms with Crippen LogP contribution in [0.2, 0.25) is 0 Å². The quantitative estimate of drug-likeness (QED) is 0.435. The number of carbonyl (C=O) groups is 5. The molecule has 4 N–H and O–H groups in total. The van der Waals surface area contributed by atoms with Crippen LogP contribution in [0, 0.1) is 0 Å². The molecule has 1 unspecified atom stereocenters. The van der Waals surface area contributed by atoms with Crippen LogP contribution in [0.5, 0.6) is 0 Å². The van der Waals surface area contributed by atoms with Gasteiger partial charge >= 0.3 is 0 Å². The third kappa shape index (κ3) is 3.52. The first-order valence-electron chi connectivity index (χ1n) is 11.1. The van der Waals surface area contributed by atoms with Gasteiger partial charge < -0.3 is 11.1 Å². The highest BCUT2D eigenvalue weighted by Crippen LogP contribution is 2.29. The minimum atomic E-state index is -0.967. The Labute approximate surface area is 190 Å². The number of imide groups is 2. The number of nitrogens with one attached hydrogen (secondary N) is 2. The van der Waals surface area contributed by atoms with E-state index in [2.05, 4.69) is 20.4 Å². The number of carbonyl (C=O) groups excluding carboxylic acids is 5. The number of hydrogen-bond donors (Lipinski definition) is 3. The number of rotatable bonds is 5. The number of benzene rings is 1. The molecule has 0 radical (unpaired) electrons. The van der Waals surface area contributed by atoms with Crippen molar-refractivity contribution in [2.45, 2.75) is 31.0 Å². The van der Waals surface area contributed by atoms with E-state index in [-0.39, 0.29) is 29.9 Å². The van der Waals surface area contributed by atoms with Gasteiger partial charge in [0.15, 0.2) is 0 Å². The van der Waals surface area contributed by atoms with Crippen LogP contribution in [-0.2, 0) is 20.9 Å². The molecule has 4 aliphatic rings. The van der Waals surface area contributed by atoms with E-state index in [1.807, 2.05) is 6.07 Å². The van der Waals surface area contributed by atoms with Gasteiger partial charge in [-0.2, -0.15) is 0 Å². The summed E-state index contributed by atoms with van der Waals surface area (Å²) in [5.41, 5.74) is 6.50. The Bertz CT molecular complexity index is 1060. The number of nitrogens with zero attached hydrogens (tertiary/aromatic N) is 3. The highest BCUT2D eigenvalue weighted by atomic mass is 16.2. The molecule has 4 heterocycles. The zero-order valence-corrected chi connectivity index (χ0v) is 18.1. The Kier molecular flexibility index (Phi) is 5.26. The summed E-state index contributed by atoms with van der Waals surface area (Å²) in [6.45, 7) is 4.69. The van der Waals surface area contributed by atoms with E-state index in [4.69, 9.17) is 5.73 Å². The average Bonchev–Trinajstić information content (AvgIpc) is 2.98. The molecule has 174 valence electrons. The molecule has 5 amide bonds. The topological polar surface area (TPSA) is 145 Å². The van der Waals surface area contributed by atoms with Crippen LogP contribution in [0.3, 0.4) is 0 Å². The minimum Gasteiger partial charge on any atom is -0.368 e. The van der Waals surface area contributed by atoms with E-state index < -0.39 is 35.2 Å². The van der Waals surface area contributed by atoms with Crippen molar-refractivity contribution < 1.29 is 24.0 Å². The molecule has 0 saturated carbocycles. The molecule has 0 spiro atoms. The van der Waals surface area contributed by atoms with Gasteiger partial charge in [-0.1, -0.05) is 6.07 Å². The molecule has 11 nitrogen and oxygen atoms in total. The van der Waals surface area contributed by atoms with E-state index in [0.717, 1.165) is 36.6 Å². The molecular weight excluding hydrogens is 428 g/mol. The van der Waals surface area contributed by atoms with Crippen LogP contribution >= 0.6 is 0 Å². The summed E-state index contributed by atoms with van der Waals surface area (Å²) in [6, 6.07) is 4.21. The molecule has 0 bridgehead atoms. The summed E-state index contributed by atoms with van der Waals surface area (Å²) in [4.78, 5) is 66.8. The Balaban J connectivity index is 1.25. The third-order valence-electron chi connectivity index (χ3n) is 7.18. The summed E-state index contributed by atoms with van der Waals surface area (Å²) in [7, 11) is 0. The first-order valence-corrected chi connectivity index (χ1v) is 11.1. The number of piperidine rings is 1. The maximum absolute atomic E-state index is 13.0.